The van der Waals surface area contributed by atoms with Gasteiger partial charge in [0, 0.05) is 22.2 Å². The van der Waals surface area contributed by atoms with Crippen molar-refractivity contribution < 1.29 is 4.39 Å². The summed E-state index contributed by atoms with van der Waals surface area (Å²) in [5.74, 6) is -0.145. The topological polar surface area (TPSA) is 12.0 Å². The van der Waals surface area contributed by atoms with E-state index in [0.717, 1.165) is 18.4 Å². The normalized spacial score (nSPS) is 11.6. The number of thiophene rings is 1. The molecule has 92 valence electrons. The van der Waals surface area contributed by atoms with Gasteiger partial charge in [0.25, 0.3) is 0 Å². The Morgan fingerprint density at radius 1 is 1.35 bits per heavy atom. The first-order chi connectivity index (χ1) is 8.11. The SMILES string of the molecule is CCc1c(CNC(C)C)sc2ccc(F)cc12. The summed E-state index contributed by atoms with van der Waals surface area (Å²) >= 11 is 1.77. The van der Waals surface area contributed by atoms with Crippen molar-refractivity contribution in [3.63, 3.8) is 0 Å². The molecule has 0 bridgehead atoms. The van der Waals surface area contributed by atoms with Crippen molar-refractivity contribution in [2.75, 3.05) is 0 Å². The lowest BCUT2D eigenvalue weighted by molar-refractivity contribution is 0.591. The number of aryl methyl sites for hydroxylation is 1. The Hall–Kier alpha value is -0.930. The molecule has 1 aromatic heterocycles. The van der Waals surface area contributed by atoms with Crippen LogP contribution in [0.1, 0.15) is 31.2 Å². The Kier molecular flexibility index (Phi) is 3.79. The Balaban J connectivity index is 2.41. The lowest BCUT2D eigenvalue weighted by Gasteiger charge is -2.07. The van der Waals surface area contributed by atoms with E-state index in [9.17, 15) is 4.39 Å². The minimum Gasteiger partial charge on any atom is -0.310 e. The second-order valence-electron chi connectivity index (χ2n) is 4.53. The van der Waals surface area contributed by atoms with Crippen LogP contribution in [0.4, 0.5) is 4.39 Å². The predicted molar refractivity (Wildman–Crippen MR) is 73.1 cm³/mol. The summed E-state index contributed by atoms with van der Waals surface area (Å²) in [5.41, 5.74) is 1.29. The molecule has 3 heteroatoms. The highest BCUT2D eigenvalue weighted by Gasteiger charge is 2.11. The van der Waals surface area contributed by atoms with Crippen molar-refractivity contribution in [2.45, 2.75) is 39.8 Å². The van der Waals surface area contributed by atoms with Gasteiger partial charge in [-0.25, -0.2) is 4.39 Å². The number of halogens is 1. The minimum atomic E-state index is -0.145. The average Bonchev–Trinajstić information content (AvgIpc) is 2.63. The van der Waals surface area contributed by atoms with E-state index < -0.39 is 0 Å². The average molecular weight is 251 g/mol. The first kappa shape index (κ1) is 12.5. The highest BCUT2D eigenvalue weighted by Crippen LogP contribution is 2.32. The van der Waals surface area contributed by atoms with Crippen molar-refractivity contribution in [3.05, 3.63) is 34.5 Å². The van der Waals surface area contributed by atoms with Gasteiger partial charge in [-0.2, -0.15) is 0 Å². The van der Waals surface area contributed by atoms with E-state index in [1.807, 2.05) is 6.07 Å². The molecule has 0 aliphatic heterocycles. The number of rotatable bonds is 4. The van der Waals surface area contributed by atoms with Gasteiger partial charge in [0.2, 0.25) is 0 Å². The van der Waals surface area contributed by atoms with Crippen LogP contribution in [0.5, 0.6) is 0 Å². The third kappa shape index (κ3) is 2.67. The van der Waals surface area contributed by atoms with Crippen LogP contribution in [0.15, 0.2) is 18.2 Å². The largest absolute Gasteiger partial charge is 0.310 e. The molecule has 1 heterocycles. The zero-order valence-corrected chi connectivity index (χ0v) is 11.3. The molecule has 17 heavy (non-hydrogen) atoms. The summed E-state index contributed by atoms with van der Waals surface area (Å²) in [6, 6.07) is 5.55. The van der Waals surface area contributed by atoms with E-state index >= 15 is 0 Å². The van der Waals surface area contributed by atoms with Crippen molar-refractivity contribution >= 4 is 21.4 Å². The molecule has 0 aliphatic carbocycles. The molecule has 1 aromatic carbocycles. The maximum absolute atomic E-state index is 13.3. The number of nitrogens with one attached hydrogen (secondary N) is 1. The van der Waals surface area contributed by atoms with Gasteiger partial charge in [-0.1, -0.05) is 20.8 Å². The van der Waals surface area contributed by atoms with Gasteiger partial charge in [0.05, 0.1) is 0 Å². The zero-order valence-electron chi connectivity index (χ0n) is 10.5. The van der Waals surface area contributed by atoms with Gasteiger partial charge in [-0.05, 0) is 35.6 Å². The van der Waals surface area contributed by atoms with Crippen molar-refractivity contribution in [1.82, 2.24) is 5.32 Å². The molecule has 0 fully saturated rings. The van der Waals surface area contributed by atoms with Crippen LogP contribution >= 0.6 is 11.3 Å². The van der Waals surface area contributed by atoms with Crippen LogP contribution in [0.3, 0.4) is 0 Å². The number of fused-ring (bicyclic) bond motifs is 1. The molecule has 0 spiro atoms. The van der Waals surface area contributed by atoms with E-state index in [1.54, 1.807) is 17.4 Å². The van der Waals surface area contributed by atoms with E-state index in [-0.39, 0.29) is 5.82 Å². The van der Waals surface area contributed by atoms with Crippen molar-refractivity contribution in [2.24, 2.45) is 0 Å². The Morgan fingerprint density at radius 3 is 2.76 bits per heavy atom. The zero-order chi connectivity index (χ0) is 12.4. The molecule has 0 saturated carbocycles. The van der Waals surface area contributed by atoms with E-state index in [2.05, 4.69) is 26.1 Å². The summed E-state index contributed by atoms with van der Waals surface area (Å²) in [6.45, 7) is 7.28. The van der Waals surface area contributed by atoms with Gasteiger partial charge in [-0.3, -0.25) is 0 Å². The Labute approximate surface area is 106 Å². The van der Waals surface area contributed by atoms with Gasteiger partial charge >= 0.3 is 0 Å². The molecule has 0 unspecified atom stereocenters. The number of hydrogen-bond donors (Lipinski definition) is 1. The summed E-state index contributed by atoms with van der Waals surface area (Å²) in [7, 11) is 0. The van der Waals surface area contributed by atoms with E-state index in [0.29, 0.717) is 6.04 Å². The van der Waals surface area contributed by atoms with Gasteiger partial charge < -0.3 is 5.32 Å². The van der Waals surface area contributed by atoms with E-state index in [1.165, 1.54) is 21.2 Å². The molecule has 2 aromatic rings. The smallest absolute Gasteiger partial charge is 0.123 e. The first-order valence-electron chi connectivity index (χ1n) is 6.05. The van der Waals surface area contributed by atoms with Gasteiger partial charge in [0.1, 0.15) is 5.82 Å². The monoisotopic (exact) mass is 251 g/mol. The molecule has 0 aliphatic rings. The Morgan fingerprint density at radius 2 is 2.12 bits per heavy atom. The van der Waals surface area contributed by atoms with Crippen molar-refractivity contribution in [1.29, 1.82) is 0 Å². The quantitative estimate of drug-likeness (QED) is 0.862. The Bertz CT molecular complexity index is 516. The summed E-state index contributed by atoms with van der Waals surface area (Å²) in [6.07, 6.45) is 0.957. The van der Waals surface area contributed by atoms with Gasteiger partial charge in [0.15, 0.2) is 0 Å². The molecule has 0 atom stereocenters. The predicted octanol–water partition coefficient (Wildman–Crippen LogP) is 4.10. The third-order valence-corrected chi connectivity index (χ3v) is 4.07. The molecule has 0 radical (unpaired) electrons. The summed E-state index contributed by atoms with van der Waals surface area (Å²) in [5, 5.41) is 4.51. The van der Waals surface area contributed by atoms with Crippen LogP contribution in [-0.2, 0) is 13.0 Å². The van der Waals surface area contributed by atoms with Crippen LogP contribution in [-0.4, -0.2) is 6.04 Å². The fourth-order valence-electron chi connectivity index (χ4n) is 2.00. The summed E-state index contributed by atoms with van der Waals surface area (Å²) in [4.78, 5) is 1.34. The maximum Gasteiger partial charge on any atom is 0.123 e. The fourth-order valence-corrected chi connectivity index (χ4v) is 3.23. The minimum absolute atomic E-state index is 0.145. The lowest BCUT2D eigenvalue weighted by Crippen LogP contribution is -2.21. The first-order valence-corrected chi connectivity index (χ1v) is 6.86. The number of hydrogen-bond acceptors (Lipinski definition) is 2. The van der Waals surface area contributed by atoms with Crippen LogP contribution in [0.25, 0.3) is 10.1 Å². The van der Waals surface area contributed by atoms with Crippen LogP contribution in [0, 0.1) is 5.82 Å². The highest BCUT2D eigenvalue weighted by molar-refractivity contribution is 7.19. The summed E-state index contributed by atoms with van der Waals surface area (Å²) < 4.78 is 14.4. The van der Waals surface area contributed by atoms with Crippen LogP contribution < -0.4 is 5.32 Å². The second-order valence-corrected chi connectivity index (χ2v) is 5.67. The number of benzene rings is 1. The third-order valence-electron chi connectivity index (χ3n) is 2.86. The maximum atomic E-state index is 13.3. The van der Waals surface area contributed by atoms with Gasteiger partial charge in [-0.15, -0.1) is 11.3 Å². The molecular formula is C14H18FNS. The van der Waals surface area contributed by atoms with Crippen molar-refractivity contribution in [3.8, 4) is 0 Å². The fraction of sp³-hybridized carbons (Fsp3) is 0.429. The molecule has 1 nitrogen and oxygen atoms in total. The molecule has 1 N–H and O–H groups in total. The lowest BCUT2D eigenvalue weighted by atomic mass is 10.1. The van der Waals surface area contributed by atoms with E-state index in [4.69, 9.17) is 0 Å². The highest BCUT2D eigenvalue weighted by atomic mass is 32.1. The van der Waals surface area contributed by atoms with Crippen LogP contribution in [0.2, 0.25) is 0 Å². The standard InChI is InChI=1S/C14H18FNS/c1-4-11-12-7-10(15)5-6-13(12)17-14(11)8-16-9(2)3/h5-7,9,16H,4,8H2,1-3H3. The molecule has 0 saturated heterocycles. The second kappa shape index (κ2) is 5.15. The molecular weight excluding hydrogens is 233 g/mol. The molecule has 2 rings (SSSR count). The molecule has 0 amide bonds.